The van der Waals surface area contributed by atoms with Crippen LogP contribution >= 0.6 is 0 Å². The summed E-state index contributed by atoms with van der Waals surface area (Å²) in [5.41, 5.74) is 1.21. The van der Waals surface area contributed by atoms with Crippen molar-refractivity contribution in [1.82, 2.24) is 4.98 Å². The zero-order chi connectivity index (χ0) is 12.7. The van der Waals surface area contributed by atoms with Gasteiger partial charge in [0.05, 0.1) is 18.5 Å². The minimum absolute atomic E-state index is 0.0755. The second-order valence-electron chi connectivity index (χ2n) is 4.26. The first-order chi connectivity index (χ1) is 8.19. The van der Waals surface area contributed by atoms with Gasteiger partial charge in [-0.1, -0.05) is 13.8 Å². The zero-order valence-electron chi connectivity index (χ0n) is 10.4. The molecule has 1 rings (SSSR count). The van der Waals surface area contributed by atoms with Crippen LogP contribution in [0.2, 0.25) is 0 Å². The van der Waals surface area contributed by atoms with Gasteiger partial charge >= 0.3 is 0 Å². The van der Waals surface area contributed by atoms with Gasteiger partial charge in [-0.05, 0) is 25.0 Å². The van der Waals surface area contributed by atoms with Crippen LogP contribution in [0.5, 0.6) is 0 Å². The monoisotopic (exact) mass is 233 g/mol. The normalized spacial score (nSPS) is 10.9. The molecule has 0 aliphatic rings. The highest BCUT2D eigenvalue weighted by Gasteiger charge is 2.24. The van der Waals surface area contributed by atoms with E-state index in [1.54, 1.807) is 12.3 Å². The number of nitrogens with one attached hydrogen (secondary N) is 1. The molecule has 0 aliphatic heterocycles. The molecule has 92 valence electrons. The maximum Gasteiger partial charge on any atom is 0.140 e. The van der Waals surface area contributed by atoms with E-state index in [2.05, 4.69) is 24.1 Å². The number of aliphatic hydroxyl groups excluding tert-OH is 1. The van der Waals surface area contributed by atoms with Crippen LogP contribution in [0.3, 0.4) is 0 Å². The minimum Gasteiger partial charge on any atom is -0.396 e. The van der Waals surface area contributed by atoms with Crippen LogP contribution < -0.4 is 5.32 Å². The molecule has 0 aromatic carbocycles. The summed E-state index contributed by atoms with van der Waals surface area (Å²) in [6.07, 6.45) is 3.50. The Morgan fingerprint density at radius 1 is 1.41 bits per heavy atom. The summed E-state index contributed by atoms with van der Waals surface area (Å²) in [5.74, 6) is 0. The highest BCUT2D eigenvalue weighted by Crippen LogP contribution is 2.25. The topological polar surface area (TPSA) is 68.9 Å². The predicted octanol–water partition coefficient (Wildman–Crippen LogP) is 2.16. The van der Waals surface area contributed by atoms with E-state index >= 15 is 0 Å². The van der Waals surface area contributed by atoms with Gasteiger partial charge in [0.1, 0.15) is 11.8 Å². The SMILES string of the molecule is CCC(CC)(CO)CNc1ccc(C#N)nc1. The van der Waals surface area contributed by atoms with Gasteiger partial charge in [-0.25, -0.2) is 4.98 Å². The predicted molar refractivity (Wildman–Crippen MR) is 67.5 cm³/mol. The fourth-order valence-corrected chi connectivity index (χ4v) is 1.63. The van der Waals surface area contributed by atoms with E-state index in [1.165, 1.54) is 0 Å². The molecule has 0 radical (unpaired) electrons. The fraction of sp³-hybridized carbons (Fsp3) is 0.538. The van der Waals surface area contributed by atoms with Gasteiger partial charge in [-0.15, -0.1) is 0 Å². The fourth-order valence-electron chi connectivity index (χ4n) is 1.63. The molecular weight excluding hydrogens is 214 g/mol. The van der Waals surface area contributed by atoms with Crippen LogP contribution in [0.25, 0.3) is 0 Å². The van der Waals surface area contributed by atoms with Gasteiger partial charge in [0.15, 0.2) is 0 Å². The summed E-state index contributed by atoms with van der Waals surface area (Å²) in [4.78, 5) is 3.99. The Labute approximate surface area is 102 Å². The number of aliphatic hydroxyl groups is 1. The number of nitriles is 1. The van der Waals surface area contributed by atoms with Crippen molar-refractivity contribution in [3.63, 3.8) is 0 Å². The number of nitrogens with zero attached hydrogens (tertiary/aromatic N) is 2. The van der Waals surface area contributed by atoms with Crippen molar-refractivity contribution in [2.75, 3.05) is 18.5 Å². The number of hydrogen-bond acceptors (Lipinski definition) is 4. The van der Waals surface area contributed by atoms with E-state index < -0.39 is 0 Å². The lowest BCUT2D eigenvalue weighted by atomic mass is 9.83. The molecule has 1 aromatic heterocycles. The number of rotatable bonds is 6. The third kappa shape index (κ3) is 3.43. The lowest BCUT2D eigenvalue weighted by Crippen LogP contribution is -2.32. The molecule has 0 bridgehead atoms. The Bertz CT molecular complexity index is 368. The molecule has 0 saturated carbocycles. The van der Waals surface area contributed by atoms with E-state index in [4.69, 9.17) is 5.26 Å². The van der Waals surface area contributed by atoms with Crippen molar-refractivity contribution in [3.05, 3.63) is 24.0 Å². The Morgan fingerprint density at radius 2 is 2.12 bits per heavy atom. The lowest BCUT2D eigenvalue weighted by Gasteiger charge is -2.29. The standard InChI is InChI=1S/C13H19N3O/c1-3-13(4-2,10-17)9-16-12-6-5-11(7-14)15-8-12/h5-6,8,16-17H,3-4,9-10H2,1-2H3. The summed E-state index contributed by atoms with van der Waals surface area (Å²) in [7, 11) is 0. The lowest BCUT2D eigenvalue weighted by molar-refractivity contribution is 0.127. The first kappa shape index (κ1) is 13.5. The molecule has 0 aliphatic carbocycles. The average molecular weight is 233 g/mol. The molecule has 0 spiro atoms. The third-order valence-corrected chi connectivity index (χ3v) is 3.38. The van der Waals surface area contributed by atoms with Gasteiger partial charge < -0.3 is 10.4 Å². The van der Waals surface area contributed by atoms with E-state index in [-0.39, 0.29) is 12.0 Å². The summed E-state index contributed by atoms with van der Waals surface area (Å²) < 4.78 is 0. The van der Waals surface area contributed by atoms with E-state index in [1.807, 2.05) is 12.1 Å². The first-order valence-electron chi connectivity index (χ1n) is 5.90. The molecule has 0 amide bonds. The molecule has 4 heteroatoms. The molecule has 17 heavy (non-hydrogen) atoms. The maximum absolute atomic E-state index is 9.44. The summed E-state index contributed by atoms with van der Waals surface area (Å²) in [6.45, 7) is 5.05. The van der Waals surface area contributed by atoms with Crippen LogP contribution in [-0.2, 0) is 0 Å². The molecule has 1 heterocycles. The molecule has 0 atom stereocenters. The van der Waals surface area contributed by atoms with Crippen LogP contribution in [-0.4, -0.2) is 23.2 Å². The van der Waals surface area contributed by atoms with Crippen molar-refractivity contribution in [3.8, 4) is 6.07 Å². The largest absolute Gasteiger partial charge is 0.396 e. The van der Waals surface area contributed by atoms with Crippen molar-refractivity contribution < 1.29 is 5.11 Å². The second kappa shape index (κ2) is 6.21. The van der Waals surface area contributed by atoms with Crippen LogP contribution in [0.1, 0.15) is 32.4 Å². The minimum atomic E-state index is -0.0755. The quantitative estimate of drug-likeness (QED) is 0.790. The Morgan fingerprint density at radius 3 is 2.53 bits per heavy atom. The first-order valence-corrected chi connectivity index (χ1v) is 5.90. The molecule has 4 nitrogen and oxygen atoms in total. The van der Waals surface area contributed by atoms with Crippen LogP contribution in [0, 0.1) is 16.7 Å². The van der Waals surface area contributed by atoms with Gasteiger partial charge in [-0.3, -0.25) is 0 Å². The summed E-state index contributed by atoms with van der Waals surface area (Å²) in [6, 6.07) is 5.49. The Balaban J connectivity index is 2.63. The number of anilines is 1. The average Bonchev–Trinajstić information content (AvgIpc) is 2.41. The molecule has 0 unspecified atom stereocenters. The number of hydrogen-bond donors (Lipinski definition) is 2. The second-order valence-corrected chi connectivity index (χ2v) is 4.26. The summed E-state index contributed by atoms with van der Waals surface area (Å²) in [5, 5.41) is 21.3. The van der Waals surface area contributed by atoms with Crippen LogP contribution in [0.4, 0.5) is 5.69 Å². The molecule has 1 aromatic rings. The summed E-state index contributed by atoms with van der Waals surface area (Å²) >= 11 is 0. The zero-order valence-corrected chi connectivity index (χ0v) is 10.4. The third-order valence-electron chi connectivity index (χ3n) is 3.38. The van der Waals surface area contributed by atoms with E-state index in [9.17, 15) is 5.11 Å². The van der Waals surface area contributed by atoms with Crippen molar-refractivity contribution in [1.29, 1.82) is 5.26 Å². The van der Waals surface area contributed by atoms with Crippen molar-refractivity contribution in [2.24, 2.45) is 5.41 Å². The molecule has 2 N–H and O–H groups in total. The van der Waals surface area contributed by atoms with Crippen LogP contribution in [0.15, 0.2) is 18.3 Å². The highest BCUT2D eigenvalue weighted by atomic mass is 16.3. The van der Waals surface area contributed by atoms with Gasteiger partial charge in [0.2, 0.25) is 0 Å². The van der Waals surface area contributed by atoms with Gasteiger partial charge in [0, 0.05) is 12.0 Å². The number of pyridine rings is 1. The van der Waals surface area contributed by atoms with E-state index in [0.29, 0.717) is 12.2 Å². The Hall–Kier alpha value is -1.60. The van der Waals surface area contributed by atoms with Crippen molar-refractivity contribution in [2.45, 2.75) is 26.7 Å². The van der Waals surface area contributed by atoms with Crippen molar-refractivity contribution >= 4 is 5.69 Å². The number of aromatic nitrogens is 1. The Kier molecular flexibility index (Phi) is 4.92. The van der Waals surface area contributed by atoms with Gasteiger partial charge in [-0.2, -0.15) is 5.26 Å². The highest BCUT2D eigenvalue weighted by molar-refractivity contribution is 5.42. The van der Waals surface area contributed by atoms with E-state index in [0.717, 1.165) is 18.5 Å². The maximum atomic E-state index is 9.44. The van der Waals surface area contributed by atoms with Gasteiger partial charge in [0.25, 0.3) is 0 Å². The molecular formula is C13H19N3O. The molecule has 0 fully saturated rings. The molecule has 0 saturated heterocycles. The smallest absolute Gasteiger partial charge is 0.140 e.